The first kappa shape index (κ1) is 23.6. The highest BCUT2D eigenvalue weighted by atomic mass is 16.6. The molecule has 0 saturated heterocycles. The summed E-state index contributed by atoms with van der Waals surface area (Å²) in [6.45, 7) is 0. The van der Waals surface area contributed by atoms with E-state index in [9.17, 15) is 30.4 Å². The molecular formula is C24H16N6O6. The molecule has 0 aromatic heterocycles. The number of phenols is 2. The number of aromatic hydroxyl groups is 2. The Labute approximate surface area is 202 Å². The zero-order chi connectivity index (χ0) is 25.7. The smallest absolute Gasteiger partial charge is 0.297 e. The molecule has 0 spiro atoms. The van der Waals surface area contributed by atoms with Crippen molar-refractivity contribution in [2.75, 3.05) is 0 Å². The van der Waals surface area contributed by atoms with E-state index in [0.29, 0.717) is 22.5 Å². The fourth-order valence-electron chi connectivity index (χ4n) is 3.13. The third kappa shape index (κ3) is 5.51. The maximum Gasteiger partial charge on any atom is 0.297 e. The lowest BCUT2D eigenvalue weighted by atomic mass is 10.0. The minimum Gasteiger partial charge on any atom is -0.508 e. The SMILES string of the molecule is O=[N+]([O-])c1cc(-c2ccc(N=Nc3ccc(O)cc3)c([N+](=O)[O-])c2)ccc1N=Nc1ccc(O)cc1. The quantitative estimate of drug-likeness (QED) is 0.157. The molecule has 0 heterocycles. The third-order valence-corrected chi connectivity index (χ3v) is 4.92. The van der Waals surface area contributed by atoms with Crippen LogP contribution in [0.2, 0.25) is 0 Å². The summed E-state index contributed by atoms with van der Waals surface area (Å²) in [5.74, 6) is 0.0949. The van der Waals surface area contributed by atoms with Crippen LogP contribution in [0.4, 0.5) is 34.1 Å². The fraction of sp³-hybridized carbons (Fsp3) is 0. The van der Waals surface area contributed by atoms with Crippen LogP contribution in [0.1, 0.15) is 0 Å². The molecule has 0 aliphatic carbocycles. The molecule has 0 unspecified atom stereocenters. The molecule has 12 nitrogen and oxygen atoms in total. The number of hydrogen-bond acceptors (Lipinski definition) is 10. The molecule has 0 fully saturated rings. The van der Waals surface area contributed by atoms with Gasteiger partial charge in [0.05, 0.1) is 21.2 Å². The van der Waals surface area contributed by atoms with Crippen molar-refractivity contribution < 1.29 is 20.1 Å². The van der Waals surface area contributed by atoms with Gasteiger partial charge in [-0.05, 0) is 71.8 Å². The van der Waals surface area contributed by atoms with E-state index in [-0.39, 0.29) is 34.2 Å². The van der Waals surface area contributed by atoms with Gasteiger partial charge in [-0.25, -0.2) is 0 Å². The largest absolute Gasteiger partial charge is 0.508 e. The molecule has 4 rings (SSSR count). The van der Waals surface area contributed by atoms with Crippen LogP contribution < -0.4 is 0 Å². The predicted octanol–water partition coefficient (Wildman–Crippen LogP) is 7.41. The molecule has 12 heteroatoms. The minimum atomic E-state index is -0.622. The van der Waals surface area contributed by atoms with Crippen LogP contribution >= 0.6 is 0 Å². The van der Waals surface area contributed by atoms with Gasteiger partial charge in [-0.1, -0.05) is 12.1 Å². The van der Waals surface area contributed by atoms with Crippen LogP contribution in [0.15, 0.2) is 105 Å². The van der Waals surface area contributed by atoms with Crippen molar-refractivity contribution in [3.63, 3.8) is 0 Å². The van der Waals surface area contributed by atoms with Crippen LogP contribution in [0.5, 0.6) is 11.5 Å². The van der Waals surface area contributed by atoms with Gasteiger partial charge in [-0.15, -0.1) is 10.2 Å². The van der Waals surface area contributed by atoms with E-state index >= 15 is 0 Å². The van der Waals surface area contributed by atoms with Crippen LogP contribution in [-0.2, 0) is 0 Å². The van der Waals surface area contributed by atoms with Crippen molar-refractivity contribution in [3.8, 4) is 22.6 Å². The molecule has 4 aromatic rings. The summed E-state index contributed by atoms with van der Waals surface area (Å²) < 4.78 is 0. The van der Waals surface area contributed by atoms with E-state index in [1.54, 1.807) is 0 Å². The lowest BCUT2D eigenvalue weighted by Crippen LogP contribution is -1.92. The van der Waals surface area contributed by atoms with E-state index in [1.807, 2.05) is 0 Å². The third-order valence-electron chi connectivity index (χ3n) is 4.92. The number of phenolic OH excluding ortho intramolecular Hbond substituents is 2. The van der Waals surface area contributed by atoms with Gasteiger partial charge in [-0.3, -0.25) is 20.2 Å². The molecule has 178 valence electrons. The standard InChI is InChI=1S/C24H16N6O6/c31-19-7-3-17(4-8-19)25-27-21-11-1-15(13-23(21)29(33)34)16-2-12-22(24(14-16)30(35)36)28-26-18-5-9-20(32)10-6-18/h1-14,31-32H. The Morgan fingerprint density at radius 1 is 0.528 bits per heavy atom. The van der Waals surface area contributed by atoms with Gasteiger partial charge in [0.25, 0.3) is 11.4 Å². The van der Waals surface area contributed by atoms with Crippen molar-refractivity contribution in [1.29, 1.82) is 0 Å². The highest BCUT2D eigenvalue weighted by molar-refractivity contribution is 5.76. The van der Waals surface area contributed by atoms with E-state index in [2.05, 4.69) is 20.5 Å². The molecule has 0 aliphatic heterocycles. The fourth-order valence-corrected chi connectivity index (χ4v) is 3.13. The Hall–Kier alpha value is -5.52. The summed E-state index contributed by atoms with van der Waals surface area (Å²) in [6.07, 6.45) is 0. The number of azo groups is 2. The average molecular weight is 484 g/mol. The van der Waals surface area contributed by atoms with Gasteiger partial charge in [0.2, 0.25) is 0 Å². The van der Waals surface area contributed by atoms with E-state index < -0.39 is 9.85 Å². The van der Waals surface area contributed by atoms with Crippen molar-refractivity contribution in [2.45, 2.75) is 0 Å². The number of nitro groups is 2. The van der Waals surface area contributed by atoms with E-state index in [1.165, 1.54) is 84.9 Å². The zero-order valence-corrected chi connectivity index (χ0v) is 18.3. The maximum atomic E-state index is 11.7. The topological polar surface area (TPSA) is 176 Å². The number of rotatable bonds is 7. The van der Waals surface area contributed by atoms with Gasteiger partial charge in [0, 0.05) is 12.1 Å². The average Bonchev–Trinajstić information content (AvgIpc) is 2.88. The van der Waals surface area contributed by atoms with Crippen molar-refractivity contribution in [3.05, 3.63) is 105 Å². The monoisotopic (exact) mass is 484 g/mol. The summed E-state index contributed by atoms with van der Waals surface area (Å²) in [6, 6.07) is 20.0. The van der Waals surface area contributed by atoms with Crippen LogP contribution in [0, 0.1) is 20.2 Å². The molecule has 0 radical (unpaired) electrons. The molecule has 0 bridgehead atoms. The summed E-state index contributed by atoms with van der Waals surface area (Å²) in [7, 11) is 0. The Bertz CT molecular complexity index is 1390. The second-order valence-electron chi connectivity index (χ2n) is 7.35. The lowest BCUT2D eigenvalue weighted by Gasteiger charge is -2.05. The normalized spacial score (nSPS) is 11.2. The lowest BCUT2D eigenvalue weighted by molar-refractivity contribution is -0.384. The van der Waals surface area contributed by atoms with Gasteiger partial charge in [0.15, 0.2) is 11.4 Å². The summed E-state index contributed by atoms with van der Waals surface area (Å²) in [5.41, 5.74) is 0.794. The number of hydrogen-bond donors (Lipinski definition) is 2. The summed E-state index contributed by atoms with van der Waals surface area (Å²) >= 11 is 0. The first-order valence-corrected chi connectivity index (χ1v) is 10.3. The highest BCUT2D eigenvalue weighted by Crippen LogP contribution is 2.37. The van der Waals surface area contributed by atoms with Crippen molar-refractivity contribution in [2.24, 2.45) is 20.5 Å². The van der Waals surface area contributed by atoms with E-state index in [0.717, 1.165) is 0 Å². The van der Waals surface area contributed by atoms with E-state index in [4.69, 9.17) is 0 Å². The Kier molecular flexibility index (Phi) is 6.68. The van der Waals surface area contributed by atoms with Crippen molar-refractivity contribution in [1.82, 2.24) is 0 Å². The van der Waals surface area contributed by atoms with Crippen LogP contribution in [0.25, 0.3) is 11.1 Å². The van der Waals surface area contributed by atoms with Crippen LogP contribution in [0.3, 0.4) is 0 Å². The minimum absolute atomic E-state index is 0.00866. The van der Waals surface area contributed by atoms with Crippen LogP contribution in [-0.4, -0.2) is 20.1 Å². The molecule has 36 heavy (non-hydrogen) atoms. The first-order chi connectivity index (χ1) is 17.3. The number of benzene rings is 4. The second kappa shape index (κ2) is 10.2. The predicted molar refractivity (Wildman–Crippen MR) is 130 cm³/mol. The molecule has 0 amide bonds. The van der Waals surface area contributed by atoms with Gasteiger partial charge < -0.3 is 10.2 Å². The molecule has 2 N–H and O–H groups in total. The number of nitro benzene ring substituents is 2. The molecule has 4 aromatic carbocycles. The zero-order valence-electron chi connectivity index (χ0n) is 18.3. The first-order valence-electron chi connectivity index (χ1n) is 10.3. The highest BCUT2D eigenvalue weighted by Gasteiger charge is 2.19. The molecule has 0 saturated carbocycles. The Balaban J connectivity index is 1.66. The van der Waals surface area contributed by atoms with Gasteiger partial charge >= 0.3 is 0 Å². The molecule has 0 atom stereocenters. The summed E-state index contributed by atoms with van der Waals surface area (Å²) in [4.78, 5) is 22.1. The van der Waals surface area contributed by atoms with Gasteiger partial charge in [0.1, 0.15) is 11.5 Å². The maximum absolute atomic E-state index is 11.7. The summed E-state index contributed by atoms with van der Waals surface area (Å²) in [5, 5.41) is 57.7. The second-order valence-corrected chi connectivity index (χ2v) is 7.35. The van der Waals surface area contributed by atoms with Gasteiger partial charge in [-0.2, -0.15) is 10.2 Å². The Morgan fingerprint density at radius 3 is 1.22 bits per heavy atom. The molecule has 0 aliphatic rings. The molecular weight excluding hydrogens is 468 g/mol. The Morgan fingerprint density at radius 2 is 0.889 bits per heavy atom. The number of nitrogens with zero attached hydrogens (tertiary/aromatic N) is 6. The van der Waals surface area contributed by atoms with Crippen molar-refractivity contribution >= 4 is 34.1 Å².